The summed E-state index contributed by atoms with van der Waals surface area (Å²) in [4.78, 5) is 13.6. The zero-order chi connectivity index (χ0) is 26.0. The van der Waals surface area contributed by atoms with Crippen molar-refractivity contribution in [1.29, 1.82) is 0 Å². The number of carbonyl (C=O) groups is 1. The Balaban J connectivity index is 1.01. The van der Waals surface area contributed by atoms with Crippen LogP contribution in [0.4, 0.5) is 5.69 Å². The first-order valence-electron chi connectivity index (χ1n) is 13.6. The summed E-state index contributed by atoms with van der Waals surface area (Å²) >= 11 is 13.0. The summed E-state index contributed by atoms with van der Waals surface area (Å²) in [6.07, 6.45) is 6.07. The topological polar surface area (TPSA) is 75.8 Å². The first kappa shape index (κ1) is 24.5. The molecule has 4 aliphatic rings. The zero-order valence-corrected chi connectivity index (χ0v) is 22.5. The van der Waals surface area contributed by atoms with Gasteiger partial charge >= 0.3 is 5.97 Å². The van der Waals surface area contributed by atoms with E-state index >= 15 is 0 Å². The van der Waals surface area contributed by atoms with Crippen LogP contribution in [-0.4, -0.2) is 34.9 Å². The Hall–Kier alpha value is -2.54. The minimum Gasteiger partial charge on any atom is -0.481 e. The van der Waals surface area contributed by atoms with E-state index in [0.717, 1.165) is 56.4 Å². The van der Waals surface area contributed by atoms with Crippen molar-refractivity contribution in [3.05, 3.63) is 69.4 Å². The summed E-state index contributed by atoms with van der Waals surface area (Å²) in [6.45, 7) is 1.44. The largest absolute Gasteiger partial charge is 0.481 e. The quantitative estimate of drug-likeness (QED) is 0.316. The van der Waals surface area contributed by atoms with Crippen LogP contribution in [0.1, 0.15) is 67.2 Å². The molecule has 1 saturated heterocycles. The number of aliphatic carboxylic acids is 1. The molecule has 2 bridgehead atoms. The predicted octanol–water partition coefficient (Wildman–Crippen LogP) is 7.29. The van der Waals surface area contributed by atoms with Crippen molar-refractivity contribution < 1.29 is 19.2 Å². The number of halogens is 2. The lowest BCUT2D eigenvalue weighted by Gasteiger charge is -2.35. The Labute approximate surface area is 231 Å². The van der Waals surface area contributed by atoms with Crippen molar-refractivity contribution in [3.63, 3.8) is 0 Å². The SMILES string of the molecule is O=C(O)C1CC(c2ccc(N3C[C@@H]4C[C@H]3C[C@H]4OCc3c(-c4c(Cl)cccc4Cl)noc3C3CC3)cc2)C1. The fourth-order valence-corrected chi connectivity index (χ4v) is 7.27. The number of carboxylic acid groups (broad SMARTS) is 1. The van der Waals surface area contributed by atoms with Crippen LogP contribution < -0.4 is 4.90 Å². The van der Waals surface area contributed by atoms with Gasteiger partial charge in [0.2, 0.25) is 0 Å². The molecule has 1 aliphatic heterocycles. The van der Waals surface area contributed by atoms with Gasteiger partial charge in [-0.15, -0.1) is 0 Å². The molecule has 6 nitrogen and oxygen atoms in total. The standard InChI is InChI=1S/C30H30Cl2N2O4/c31-24-2-1-3-25(32)27(24)28-23(29(38-33-28)17-4-5-17)15-37-26-13-22-12-20(26)14-34(22)21-8-6-16(7-9-21)18-10-19(11-18)30(35)36/h1-3,6-9,17-20,22,26H,4-5,10-15H2,(H,35,36)/t18?,19?,20-,22-,26+/m0/s1. The number of aromatic nitrogens is 1. The molecule has 3 aliphatic carbocycles. The molecule has 0 radical (unpaired) electrons. The molecule has 1 aromatic heterocycles. The van der Waals surface area contributed by atoms with Crippen LogP contribution in [0.15, 0.2) is 47.0 Å². The zero-order valence-electron chi connectivity index (χ0n) is 21.0. The van der Waals surface area contributed by atoms with E-state index in [1.54, 1.807) is 0 Å². The second-order valence-corrected chi connectivity index (χ2v) is 12.2. The van der Waals surface area contributed by atoms with Crippen LogP contribution >= 0.6 is 23.2 Å². The summed E-state index contributed by atoms with van der Waals surface area (Å²) in [5, 5.41) is 14.7. The maximum atomic E-state index is 11.1. The van der Waals surface area contributed by atoms with Gasteiger partial charge in [0.05, 0.1) is 28.7 Å². The molecule has 7 rings (SSSR count). The molecule has 2 heterocycles. The van der Waals surface area contributed by atoms with Gasteiger partial charge in [-0.05, 0) is 74.3 Å². The van der Waals surface area contributed by atoms with E-state index in [-0.39, 0.29) is 12.0 Å². The van der Waals surface area contributed by atoms with E-state index < -0.39 is 5.97 Å². The Morgan fingerprint density at radius 2 is 1.76 bits per heavy atom. The molecular formula is C30H30Cl2N2O4. The molecule has 3 aromatic rings. The summed E-state index contributed by atoms with van der Waals surface area (Å²) < 4.78 is 12.4. The van der Waals surface area contributed by atoms with Crippen LogP contribution in [0.2, 0.25) is 10.0 Å². The summed E-state index contributed by atoms with van der Waals surface area (Å²) in [7, 11) is 0. The van der Waals surface area contributed by atoms with E-state index in [0.29, 0.717) is 51.7 Å². The summed E-state index contributed by atoms with van der Waals surface area (Å²) in [5.41, 5.74) is 4.91. The molecule has 0 unspecified atom stereocenters. The van der Waals surface area contributed by atoms with E-state index in [1.807, 2.05) is 18.2 Å². The second kappa shape index (κ2) is 9.58. The molecule has 4 fully saturated rings. The number of benzene rings is 2. The third-order valence-corrected chi connectivity index (χ3v) is 9.70. The highest BCUT2D eigenvalue weighted by atomic mass is 35.5. The fraction of sp³-hybridized carbons (Fsp3) is 0.467. The Morgan fingerprint density at radius 1 is 1.03 bits per heavy atom. The third kappa shape index (κ3) is 4.31. The van der Waals surface area contributed by atoms with E-state index in [2.05, 4.69) is 34.3 Å². The predicted molar refractivity (Wildman–Crippen MR) is 146 cm³/mol. The molecule has 8 heteroatoms. The third-order valence-electron chi connectivity index (χ3n) is 9.07. The van der Waals surface area contributed by atoms with Crippen LogP contribution in [-0.2, 0) is 16.1 Å². The van der Waals surface area contributed by atoms with Gasteiger partial charge < -0.3 is 19.3 Å². The average molecular weight is 553 g/mol. The van der Waals surface area contributed by atoms with Gasteiger partial charge in [0.15, 0.2) is 0 Å². The number of hydrogen-bond donors (Lipinski definition) is 1. The number of ether oxygens (including phenoxy) is 1. The number of fused-ring (bicyclic) bond motifs is 2. The lowest BCUT2D eigenvalue weighted by atomic mass is 9.71. The molecule has 0 spiro atoms. The lowest BCUT2D eigenvalue weighted by molar-refractivity contribution is -0.145. The number of rotatable bonds is 8. The highest BCUT2D eigenvalue weighted by Gasteiger charge is 2.46. The summed E-state index contributed by atoms with van der Waals surface area (Å²) in [6, 6.07) is 14.7. The first-order valence-corrected chi connectivity index (χ1v) is 14.4. The second-order valence-electron chi connectivity index (χ2n) is 11.4. The Bertz CT molecular complexity index is 1340. The lowest BCUT2D eigenvalue weighted by Crippen LogP contribution is -2.38. The summed E-state index contributed by atoms with van der Waals surface area (Å²) in [5.74, 6) is 1.34. The molecule has 0 amide bonds. The van der Waals surface area contributed by atoms with Gasteiger partial charge in [-0.3, -0.25) is 4.79 Å². The number of anilines is 1. The van der Waals surface area contributed by atoms with Crippen molar-refractivity contribution in [2.24, 2.45) is 11.8 Å². The average Bonchev–Trinajstić information content (AvgIpc) is 3.32. The molecule has 38 heavy (non-hydrogen) atoms. The fourth-order valence-electron chi connectivity index (χ4n) is 6.69. The maximum absolute atomic E-state index is 11.1. The first-order chi connectivity index (χ1) is 18.5. The molecule has 3 saturated carbocycles. The van der Waals surface area contributed by atoms with Crippen molar-refractivity contribution in [2.45, 2.75) is 69.1 Å². The molecule has 1 N–H and O–H groups in total. The Kier molecular flexibility index (Phi) is 6.18. The van der Waals surface area contributed by atoms with Gasteiger partial charge in [0, 0.05) is 41.2 Å². The van der Waals surface area contributed by atoms with Crippen molar-refractivity contribution >= 4 is 34.9 Å². The van der Waals surface area contributed by atoms with Crippen molar-refractivity contribution in [1.82, 2.24) is 5.16 Å². The molecule has 2 aromatic carbocycles. The minimum atomic E-state index is -0.667. The van der Waals surface area contributed by atoms with Gasteiger partial charge in [-0.25, -0.2) is 0 Å². The number of nitrogens with zero attached hydrogens (tertiary/aromatic N) is 2. The van der Waals surface area contributed by atoms with Crippen LogP contribution in [0, 0.1) is 11.8 Å². The van der Waals surface area contributed by atoms with Gasteiger partial charge in [0.25, 0.3) is 0 Å². The van der Waals surface area contributed by atoms with Crippen molar-refractivity contribution in [2.75, 3.05) is 11.4 Å². The normalized spacial score (nSPS) is 28.1. The maximum Gasteiger partial charge on any atom is 0.306 e. The molecule has 3 atom stereocenters. The van der Waals surface area contributed by atoms with Crippen molar-refractivity contribution in [3.8, 4) is 11.3 Å². The monoisotopic (exact) mass is 552 g/mol. The van der Waals surface area contributed by atoms with E-state index in [1.165, 1.54) is 11.3 Å². The number of piperidine rings is 1. The van der Waals surface area contributed by atoms with Crippen LogP contribution in [0.5, 0.6) is 0 Å². The van der Waals surface area contributed by atoms with Crippen LogP contribution in [0.25, 0.3) is 11.3 Å². The van der Waals surface area contributed by atoms with E-state index in [9.17, 15) is 4.79 Å². The number of hydrogen-bond acceptors (Lipinski definition) is 5. The molecule has 198 valence electrons. The van der Waals surface area contributed by atoms with Crippen LogP contribution in [0.3, 0.4) is 0 Å². The molecular weight excluding hydrogens is 523 g/mol. The van der Waals surface area contributed by atoms with Gasteiger partial charge in [0.1, 0.15) is 11.5 Å². The highest BCUT2D eigenvalue weighted by Crippen LogP contribution is 2.48. The number of carboxylic acids is 1. The van der Waals surface area contributed by atoms with E-state index in [4.69, 9.17) is 37.6 Å². The Morgan fingerprint density at radius 3 is 2.39 bits per heavy atom. The highest BCUT2D eigenvalue weighted by molar-refractivity contribution is 6.39. The van der Waals surface area contributed by atoms with Gasteiger partial charge in [-0.2, -0.15) is 0 Å². The van der Waals surface area contributed by atoms with Gasteiger partial charge in [-0.1, -0.05) is 46.6 Å². The minimum absolute atomic E-state index is 0.179. The smallest absolute Gasteiger partial charge is 0.306 e.